The Hall–Kier alpha value is -0.340. The van der Waals surface area contributed by atoms with Gasteiger partial charge in [-0.2, -0.15) is 0 Å². The molecule has 0 N–H and O–H groups in total. The summed E-state index contributed by atoms with van der Waals surface area (Å²) < 4.78 is 11.3. The highest BCUT2D eigenvalue weighted by atomic mass is 16.7. The molecule has 1 fully saturated rings. The summed E-state index contributed by atoms with van der Waals surface area (Å²) >= 11 is 0. The van der Waals surface area contributed by atoms with Crippen LogP contribution in [0.2, 0.25) is 0 Å². The van der Waals surface area contributed by atoms with Gasteiger partial charge in [0.05, 0.1) is 13.2 Å². The molecule has 1 spiro atoms. The molecule has 1 aliphatic carbocycles. The SMILES string of the molecule is C1=CC2(CC1)OCCCCO2. The lowest BCUT2D eigenvalue weighted by Gasteiger charge is -2.25. The quantitative estimate of drug-likeness (QED) is 0.496. The maximum Gasteiger partial charge on any atom is 0.188 e. The minimum Gasteiger partial charge on any atom is -0.346 e. The van der Waals surface area contributed by atoms with Gasteiger partial charge < -0.3 is 9.47 Å². The van der Waals surface area contributed by atoms with E-state index >= 15 is 0 Å². The van der Waals surface area contributed by atoms with E-state index in [0.717, 1.165) is 38.9 Å². The minimum absolute atomic E-state index is 0.323. The van der Waals surface area contributed by atoms with E-state index in [4.69, 9.17) is 9.47 Å². The highest BCUT2D eigenvalue weighted by molar-refractivity contribution is 5.04. The highest BCUT2D eigenvalue weighted by Crippen LogP contribution is 2.30. The van der Waals surface area contributed by atoms with E-state index in [2.05, 4.69) is 12.2 Å². The molecule has 62 valence electrons. The molecule has 2 heteroatoms. The van der Waals surface area contributed by atoms with Gasteiger partial charge in [-0.25, -0.2) is 0 Å². The van der Waals surface area contributed by atoms with Crippen LogP contribution in [0.5, 0.6) is 0 Å². The molecule has 0 bridgehead atoms. The van der Waals surface area contributed by atoms with Crippen LogP contribution in [-0.4, -0.2) is 19.0 Å². The van der Waals surface area contributed by atoms with Crippen molar-refractivity contribution in [1.82, 2.24) is 0 Å². The van der Waals surface area contributed by atoms with E-state index in [-0.39, 0.29) is 5.79 Å². The summed E-state index contributed by atoms with van der Waals surface area (Å²) in [6.07, 6.45) is 8.59. The third-order valence-electron chi connectivity index (χ3n) is 2.26. The van der Waals surface area contributed by atoms with Crippen LogP contribution >= 0.6 is 0 Å². The Balaban J connectivity index is 2.03. The molecule has 0 radical (unpaired) electrons. The van der Waals surface area contributed by atoms with Crippen LogP contribution in [0.1, 0.15) is 25.7 Å². The Morgan fingerprint density at radius 3 is 2.36 bits per heavy atom. The van der Waals surface area contributed by atoms with Crippen LogP contribution in [0, 0.1) is 0 Å². The summed E-state index contributed by atoms with van der Waals surface area (Å²) in [4.78, 5) is 0. The normalized spacial score (nSPS) is 29.1. The van der Waals surface area contributed by atoms with Crippen LogP contribution < -0.4 is 0 Å². The summed E-state index contributed by atoms with van der Waals surface area (Å²) in [6, 6.07) is 0. The fourth-order valence-corrected chi connectivity index (χ4v) is 1.61. The van der Waals surface area contributed by atoms with Crippen molar-refractivity contribution in [2.75, 3.05) is 13.2 Å². The minimum atomic E-state index is -0.323. The third-order valence-corrected chi connectivity index (χ3v) is 2.26. The molecule has 0 atom stereocenters. The number of allylic oxidation sites excluding steroid dienone is 1. The zero-order valence-electron chi connectivity index (χ0n) is 6.71. The molecule has 2 nitrogen and oxygen atoms in total. The summed E-state index contributed by atoms with van der Waals surface area (Å²) in [7, 11) is 0. The lowest BCUT2D eigenvalue weighted by atomic mass is 10.2. The second kappa shape index (κ2) is 2.95. The van der Waals surface area contributed by atoms with Crippen molar-refractivity contribution in [1.29, 1.82) is 0 Å². The first kappa shape index (κ1) is 7.32. The van der Waals surface area contributed by atoms with Gasteiger partial charge in [-0.3, -0.25) is 0 Å². The monoisotopic (exact) mass is 154 g/mol. The molecular formula is C9H14O2. The predicted molar refractivity (Wildman–Crippen MR) is 42.2 cm³/mol. The Morgan fingerprint density at radius 1 is 1.09 bits per heavy atom. The van der Waals surface area contributed by atoms with Crippen molar-refractivity contribution in [3.05, 3.63) is 12.2 Å². The van der Waals surface area contributed by atoms with Gasteiger partial charge in [-0.15, -0.1) is 0 Å². The second-order valence-corrected chi connectivity index (χ2v) is 3.16. The Kier molecular flexibility index (Phi) is 1.96. The molecule has 0 unspecified atom stereocenters. The van der Waals surface area contributed by atoms with Crippen LogP contribution in [0.15, 0.2) is 12.2 Å². The average molecular weight is 154 g/mol. The van der Waals surface area contributed by atoms with Gasteiger partial charge in [0.2, 0.25) is 0 Å². The number of rotatable bonds is 0. The summed E-state index contributed by atoms with van der Waals surface area (Å²) in [6.45, 7) is 1.70. The van der Waals surface area contributed by atoms with Gasteiger partial charge in [-0.05, 0) is 25.3 Å². The van der Waals surface area contributed by atoms with Gasteiger partial charge in [0.1, 0.15) is 0 Å². The standard InChI is InChI=1S/C9H14O2/c1-2-6-9(5-1)10-7-3-4-8-11-9/h1,5H,2-4,6-8H2. The molecule has 1 heterocycles. The third kappa shape index (κ3) is 1.47. The first-order valence-corrected chi connectivity index (χ1v) is 4.37. The molecule has 0 aromatic heterocycles. The zero-order valence-corrected chi connectivity index (χ0v) is 6.71. The van der Waals surface area contributed by atoms with E-state index in [1.807, 2.05) is 0 Å². The first-order valence-electron chi connectivity index (χ1n) is 4.37. The van der Waals surface area contributed by atoms with Gasteiger partial charge >= 0.3 is 0 Å². The molecule has 11 heavy (non-hydrogen) atoms. The molecule has 2 aliphatic rings. The smallest absolute Gasteiger partial charge is 0.188 e. The van der Waals surface area contributed by atoms with Gasteiger partial charge in [0, 0.05) is 6.42 Å². The van der Waals surface area contributed by atoms with Crippen LogP contribution in [-0.2, 0) is 9.47 Å². The van der Waals surface area contributed by atoms with Crippen LogP contribution in [0.3, 0.4) is 0 Å². The fraction of sp³-hybridized carbons (Fsp3) is 0.778. The van der Waals surface area contributed by atoms with Crippen molar-refractivity contribution in [3.8, 4) is 0 Å². The predicted octanol–water partition coefficient (Wildman–Crippen LogP) is 1.86. The molecule has 1 saturated heterocycles. The van der Waals surface area contributed by atoms with E-state index < -0.39 is 0 Å². The van der Waals surface area contributed by atoms with Crippen LogP contribution in [0.4, 0.5) is 0 Å². The van der Waals surface area contributed by atoms with Gasteiger partial charge in [0.25, 0.3) is 0 Å². The van der Waals surface area contributed by atoms with Crippen molar-refractivity contribution < 1.29 is 9.47 Å². The van der Waals surface area contributed by atoms with E-state index in [1.54, 1.807) is 0 Å². The van der Waals surface area contributed by atoms with Gasteiger partial charge in [0.15, 0.2) is 5.79 Å². The molecule has 0 aromatic carbocycles. The molecular weight excluding hydrogens is 140 g/mol. The first-order chi connectivity index (χ1) is 5.41. The lowest BCUT2D eigenvalue weighted by Crippen LogP contribution is -2.30. The summed E-state index contributed by atoms with van der Waals surface area (Å²) in [5.41, 5.74) is 0. The number of hydrogen-bond acceptors (Lipinski definition) is 2. The number of hydrogen-bond donors (Lipinski definition) is 0. The van der Waals surface area contributed by atoms with Crippen molar-refractivity contribution in [3.63, 3.8) is 0 Å². The Morgan fingerprint density at radius 2 is 1.82 bits per heavy atom. The lowest BCUT2D eigenvalue weighted by molar-refractivity contribution is -0.189. The van der Waals surface area contributed by atoms with Crippen molar-refractivity contribution in [2.45, 2.75) is 31.5 Å². The molecule has 1 aliphatic heterocycles. The maximum atomic E-state index is 5.64. The Bertz CT molecular complexity index is 155. The van der Waals surface area contributed by atoms with E-state index in [0.29, 0.717) is 0 Å². The average Bonchev–Trinajstić information content (AvgIpc) is 2.32. The van der Waals surface area contributed by atoms with Crippen molar-refractivity contribution in [2.24, 2.45) is 0 Å². The summed E-state index contributed by atoms with van der Waals surface area (Å²) in [5.74, 6) is -0.323. The molecule has 0 aromatic rings. The highest BCUT2D eigenvalue weighted by Gasteiger charge is 2.32. The largest absolute Gasteiger partial charge is 0.346 e. The molecule has 0 saturated carbocycles. The second-order valence-electron chi connectivity index (χ2n) is 3.16. The zero-order chi connectivity index (χ0) is 7.57. The van der Waals surface area contributed by atoms with Gasteiger partial charge in [-0.1, -0.05) is 6.08 Å². The molecule has 2 rings (SSSR count). The van der Waals surface area contributed by atoms with E-state index in [9.17, 15) is 0 Å². The fourth-order valence-electron chi connectivity index (χ4n) is 1.61. The summed E-state index contributed by atoms with van der Waals surface area (Å²) in [5, 5.41) is 0. The Labute approximate surface area is 67.2 Å². The van der Waals surface area contributed by atoms with E-state index in [1.165, 1.54) is 0 Å². The number of ether oxygens (including phenoxy) is 2. The molecule has 0 amide bonds. The topological polar surface area (TPSA) is 18.5 Å². The maximum absolute atomic E-state index is 5.64. The van der Waals surface area contributed by atoms with Crippen molar-refractivity contribution >= 4 is 0 Å². The van der Waals surface area contributed by atoms with Crippen LogP contribution in [0.25, 0.3) is 0 Å².